The van der Waals surface area contributed by atoms with Gasteiger partial charge >= 0.3 is 0 Å². The Morgan fingerprint density at radius 1 is 1.35 bits per heavy atom. The summed E-state index contributed by atoms with van der Waals surface area (Å²) in [4.78, 5) is 11.3. The van der Waals surface area contributed by atoms with Crippen LogP contribution in [0.5, 0.6) is 5.75 Å². The van der Waals surface area contributed by atoms with E-state index in [4.69, 9.17) is 13.7 Å². The first-order valence-electron chi connectivity index (χ1n) is 7.12. The average molecular weight is 345 g/mol. The van der Waals surface area contributed by atoms with Gasteiger partial charge < -0.3 is 14.8 Å². The van der Waals surface area contributed by atoms with Gasteiger partial charge in [-0.3, -0.25) is 8.98 Å². The van der Waals surface area contributed by atoms with Crippen molar-refractivity contribution in [3.8, 4) is 5.75 Å². The van der Waals surface area contributed by atoms with Crippen LogP contribution in [0.2, 0.25) is 0 Å². The van der Waals surface area contributed by atoms with Crippen molar-refractivity contribution in [2.45, 2.75) is 32.8 Å². The number of carbonyl (C=O) groups excluding carboxylic acids is 1. The van der Waals surface area contributed by atoms with E-state index in [0.717, 1.165) is 11.8 Å². The molecule has 0 saturated carbocycles. The molecule has 0 aliphatic rings. The summed E-state index contributed by atoms with van der Waals surface area (Å²) in [5.41, 5.74) is 1.39. The molecule has 7 nitrogen and oxygen atoms in total. The molecule has 1 amide bonds. The molecular weight excluding hydrogens is 322 g/mol. The fraction of sp³-hybridized carbons (Fsp3) is 0.533. The van der Waals surface area contributed by atoms with Gasteiger partial charge in [-0.15, -0.1) is 0 Å². The van der Waals surface area contributed by atoms with E-state index in [1.54, 1.807) is 25.1 Å². The molecule has 1 aromatic carbocycles. The lowest BCUT2D eigenvalue weighted by Gasteiger charge is -2.17. The first-order chi connectivity index (χ1) is 10.7. The van der Waals surface area contributed by atoms with Crippen LogP contribution in [0.15, 0.2) is 18.2 Å². The second kappa shape index (κ2) is 8.85. The highest BCUT2D eigenvalue weighted by atomic mass is 32.2. The van der Waals surface area contributed by atoms with Crippen molar-refractivity contribution in [1.29, 1.82) is 0 Å². The molecule has 1 aromatic rings. The van der Waals surface area contributed by atoms with Gasteiger partial charge in [0.05, 0.1) is 12.4 Å². The predicted octanol–water partition coefficient (Wildman–Crippen LogP) is 1.93. The average Bonchev–Trinajstić information content (AvgIpc) is 2.41. The van der Waals surface area contributed by atoms with Crippen molar-refractivity contribution in [3.63, 3.8) is 0 Å². The van der Waals surface area contributed by atoms with Crippen LogP contribution < -0.4 is 10.1 Å². The molecule has 0 aliphatic carbocycles. The van der Waals surface area contributed by atoms with Crippen LogP contribution in [0.4, 0.5) is 5.69 Å². The minimum atomic E-state index is -3.50. The lowest BCUT2D eigenvalue weighted by atomic mass is 10.0. The zero-order valence-electron chi connectivity index (χ0n) is 13.8. The summed E-state index contributed by atoms with van der Waals surface area (Å²) in [6.07, 6.45) is 1.46. The second-order valence-electron chi connectivity index (χ2n) is 5.16. The van der Waals surface area contributed by atoms with Gasteiger partial charge in [0.2, 0.25) is 5.91 Å². The molecule has 0 bridgehead atoms. The third-order valence-electron chi connectivity index (χ3n) is 2.92. The summed E-state index contributed by atoms with van der Waals surface area (Å²) in [7, 11) is -1.99. The van der Waals surface area contributed by atoms with Crippen molar-refractivity contribution in [3.05, 3.63) is 23.8 Å². The number of amides is 1. The highest BCUT2D eigenvalue weighted by Gasteiger charge is 2.15. The Hall–Kier alpha value is -1.64. The van der Waals surface area contributed by atoms with Crippen molar-refractivity contribution < 1.29 is 26.9 Å². The Balaban J connectivity index is 2.92. The number of methoxy groups -OCH3 is 1. The summed E-state index contributed by atoms with van der Waals surface area (Å²) >= 11 is 0. The fourth-order valence-corrected chi connectivity index (χ4v) is 2.78. The molecule has 1 unspecified atom stereocenters. The monoisotopic (exact) mass is 345 g/mol. The standard InChI is InChI=1S/C15H23NO6S/c1-11(22-23(4,18)19)8-9-13-14(16-12(2)17)6-5-7-15(13)21-10-20-3/h5-7,11H,8-10H2,1-4H3,(H,16,17). The summed E-state index contributed by atoms with van der Waals surface area (Å²) in [5.74, 6) is 0.375. The molecule has 0 aromatic heterocycles. The largest absolute Gasteiger partial charge is 0.467 e. The third kappa shape index (κ3) is 7.45. The van der Waals surface area contributed by atoms with Crippen LogP contribution in [0.3, 0.4) is 0 Å². The van der Waals surface area contributed by atoms with Gasteiger partial charge in [-0.2, -0.15) is 8.42 Å². The number of anilines is 1. The van der Waals surface area contributed by atoms with Crippen LogP contribution in [-0.4, -0.2) is 40.6 Å². The van der Waals surface area contributed by atoms with Gasteiger partial charge in [0, 0.05) is 25.3 Å². The van der Waals surface area contributed by atoms with Crippen LogP contribution >= 0.6 is 0 Å². The molecule has 0 aliphatic heterocycles. The lowest BCUT2D eigenvalue weighted by Crippen LogP contribution is -2.16. The Morgan fingerprint density at radius 3 is 2.61 bits per heavy atom. The minimum absolute atomic E-state index is 0.0753. The van der Waals surface area contributed by atoms with E-state index in [1.807, 2.05) is 0 Å². The Labute approximate surface area is 137 Å². The van der Waals surface area contributed by atoms with Gasteiger partial charge in [-0.05, 0) is 31.9 Å². The minimum Gasteiger partial charge on any atom is -0.467 e. The normalized spacial score (nSPS) is 12.7. The Bertz CT molecular complexity index is 629. The lowest BCUT2D eigenvalue weighted by molar-refractivity contribution is -0.114. The quantitative estimate of drug-likeness (QED) is 0.543. The molecule has 0 saturated heterocycles. The number of hydrogen-bond donors (Lipinski definition) is 1. The number of ether oxygens (including phenoxy) is 2. The highest BCUT2D eigenvalue weighted by Crippen LogP contribution is 2.29. The van der Waals surface area contributed by atoms with Gasteiger partial charge in [-0.25, -0.2) is 0 Å². The molecule has 0 radical (unpaired) electrons. The molecular formula is C15H23NO6S. The fourth-order valence-electron chi connectivity index (χ4n) is 2.08. The number of rotatable bonds is 9. The van der Waals surface area contributed by atoms with E-state index in [-0.39, 0.29) is 12.7 Å². The molecule has 0 fully saturated rings. The maximum atomic E-state index is 11.3. The number of benzene rings is 1. The zero-order chi connectivity index (χ0) is 17.5. The molecule has 23 heavy (non-hydrogen) atoms. The molecule has 130 valence electrons. The summed E-state index contributed by atoms with van der Waals surface area (Å²) < 4.78 is 37.6. The summed E-state index contributed by atoms with van der Waals surface area (Å²) in [6.45, 7) is 3.17. The van der Waals surface area contributed by atoms with Gasteiger partial charge in [0.15, 0.2) is 6.79 Å². The SMILES string of the molecule is COCOc1cccc(NC(C)=O)c1CCC(C)OS(C)(=O)=O. The van der Waals surface area contributed by atoms with Crippen LogP contribution in [0.25, 0.3) is 0 Å². The Morgan fingerprint density at radius 2 is 2.04 bits per heavy atom. The van der Waals surface area contributed by atoms with E-state index in [0.29, 0.717) is 24.3 Å². The summed E-state index contributed by atoms with van der Waals surface area (Å²) in [5, 5.41) is 2.74. The number of nitrogens with one attached hydrogen (secondary N) is 1. The van der Waals surface area contributed by atoms with Crippen LogP contribution in [0, 0.1) is 0 Å². The van der Waals surface area contributed by atoms with Crippen LogP contribution in [-0.2, 0) is 30.3 Å². The van der Waals surface area contributed by atoms with Gasteiger partial charge in [0.25, 0.3) is 10.1 Å². The first kappa shape index (κ1) is 19.4. The molecule has 1 N–H and O–H groups in total. The van der Waals surface area contributed by atoms with Crippen LogP contribution in [0.1, 0.15) is 25.8 Å². The maximum Gasteiger partial charge on any atom is 0.264 e. The van der Waals surface area contributed by atoms with Crippen molar-refractivity contribution in [2.75, 3.05) is 25.5 Å². The Kier molecular flexibility index (Phi) is 7.47. The zero-order valence-corrected chi connectivity index (χ0v) is 14.6. The van der Waals surface area contributed by atoms with Gasteiger partial charge in [0.1, 0.15) is 5.75 Å². The van der Waals surface area contributed by atoms with E-state index >= 15 is 0 Å². The third-order valence-corrected chi connectivity index (χ3v) is 3.59. The van der Waals surface area contributed by atoms with E-state index < -0.39 is 16.2 Å². The van der Waals surface area contributed by atoms with E-state index in [9.17, 15) is 13.2 Å². The molecule has 0 spiro atoms. The molecule has 1 atom stereocenters. The maximum absolute atomic E-state index is 11.3. The smallest absolute Gasteiger partial charge is 0.264 e. The highest BCUT2D eigenvalue weighted by molar-refractivity contribution is 7.86. The van der Waals surface area contributed by atoms with Crippen molar-refractivity contribution in [1.82, 2.24) is 0 Å². The van der Waals surface area contributed by atoms with Gasteiger partial charge in [-0.1, -0.05) is 6.07 Å². The summed E-state index contributed by atoms with van der Waals surface area (Å²) in [6, 6.07) is 5.29. The topological polar surface area (TPSA) is 90.9 Å². The van der Waals surface area contributed by atoms with E-state index in [1.165, 1.54) is 14.0 Å². The van der Waals surface area contributed by atoms with Crippen molar-refractivity contribution >= 4 is 21.7 Å². The van der Waals surface area contributed by atoms with E-state index in [2.05, 4.69) is 5.32 Å². The number of hydrogen-bond acceptors (Lipinski definition) is 6. The predicted molar refractivity (Wildman–Crippen MR) is 87.0 cm³/mol. The van der Waals surface area contributed by atoms with Crippen molar-refractivity contribution in [2.24, 2.45) is 0 Å². The molecule has 8 heteroatoms. The molecule has 0 heterocycles. The first-order valence-corrected chi connectivity index (χ1v) is 8.94. The second-order valence-corrected chi connectivity index (χ2v) is 6.76. The number of carbonyl (C=O) groups is 1. The molecule has 1 rings (SSSR count).